The molecule has 1 aromatic rings. The van der Waals surface area contributed by atoms with Crippen LogP contribution in [0.5, 0.6) is 5.75 Å². The number of benzene rings is 1. The van der Waals surface area contributed by atoms with Gasteiger partial charge in [0.25, 0.3) is 0 Å². The lowest BCUT2D eigenvalue weighted by Gasteiger charge is -2.24. The Hall–Kier alpha value is -1.39. The van der Waals surface area contributed by atoms with Gasteiger partial charge >= 0.3 is 5.97 Å². The average Bonchev–Trinajstić information content (AvgIpc) is 2.30. The predicted molar refractivity (Wildman–Crippen MR) is 61.4 cm³/mol. The van der Waals surface area contributed by atoms with Crippen molar-refractivity contribution in [3.8, 4) is 5.75 Å². The van der Waals surface area contributed by atoms with Crippen molar-refractivity contribution in [3.63, 3.8) is 0 Å². The topological polar surface area (TPSA) is 50.4 Å². The van der Waals surface area contributed by atoms with Crippen molar-refractivity contribution in [1.29, 1.82) is 0 Å². The van der Waals surface area contributed by atoms with Gasteiger partial charge in [-0.15, -0.1) is 0 Å². The Kier molecular flexibility index (Phi) is 3.54. The van der Waals surface area contributed by atoms with Crippen LogP contribution in [0.15, 0.2) is 24.3 Å². The van der Waals surface area contributed by atoms with Gasteiger partial charge < -0.3 is 15.4 Å². The Bertz CT molecular complexity index is 356. The predicted octanol–water partition coefficient (Wildman–Crippen LogP) is 0.846. The molecule has 2 rings (SSSR count). The SMILES string of the molecule is CC(=O)Oc1ccc([C@H]2CNCCN2)cc1. The number of hydrogen-bond donors (Lipinski definition) is 2. The summed E-state index contributed by atoms with van der Waals surface area (Å²) in [4.78, 5) is 10.8. The fraction of sp³-hybridized carbons (Fsp3) is 0.417. The van der Waals surface area contributed by atoms with Gasteiger partial charge in [-0.3, -0.25) is 4.79 Å². The summed E-state index contributed by atoms with van der Waals surface area (Å²) in [6.07, 6.45) is 0. The molecule has 0 unspecified atom stereocenters. The van der Waals surface area contributed by atoms with Crippen molar-refractivity contribution in [3.05, 3.63) is 29.8 Å². The fourth-order valence-electron chi connectivity index (χ4n) is 1.82. The molecular weight excluding hydrogens is 204 g/mol. The molecule has 0 spiro atoms. The molecule has 0 aliphatic carbocycles. The lowest BCUT2D eigenvalue weighted by atomic mass is 10.1. The normalized spacial score (nSPS) is 20.4. The molecule has 0 saturated carbocycles. The van der Waals surface area contributed by atoms with E-state index in [2.05, 4.69) is 10.6 Å². The van der Waals surface area contributed by atoms with Gasteiger partial charge in [0.05, 0.1) is 0 Å². The Morgan fingerprint density at radius 2 is 2.06 bits per heavy atom. The highest BCUT2D eigenvalue weighted by Crippen LogP contribution is 2.18. The Morgan fingerprint density at radius 3 is 2.62 bits per heavy atom. The van der Waals surface area contributed by atoms with Crippen LogP contribution in [-0.4, -0.2) is 25.6 Å². The van der Waals surface area contributed by atoms with E-state index in [4.69, 9.17) is 4.74 Å². The minimum absolute atomic E-state index is 0.287. The highest BCUT2D eigenvalue weighted by Gasteiger charge is 2.13. The number of esters is 1. The second-order valence-corrected chi connectivity index (χ2v) is 3.87. The van der Waals surface area contributed by atoms with Crippen LogP contribution in [0.1, 0.15) is 18.5 Å². The zero-order valence-electron chi connectivity index (χ0n) is 9.32. The van der Waals surface area contributed by atoms with Crippen molar-refractivity contribution in [2.75, 3.05) is 19.6 Å². The lowest BCUT2D eigenvalue weighted by molar-refractivity contribution is -0.131. The van der Waals surface area contributed by atoms with Crippen LogP contribution in [0.4, 0.5) is 0 Å². The molecule has 16 heavy (non-hydrogen) atoms. The second kappa shape index (κ2) is 5.09. The fourth-order valence-corrected chi connectivity index (χ4v) is 1.82. The van der Waals surface area contributed by atoms with Crippen molar-refractivity contribution < 1.29 is 9.53 Å². The summed E-state index contributed by atoms with van der Waals surface area (Å²) in [7, 11) is 0. The maximum atomic E-state index is 10.8. The minimum atomic E-state index is -0.287. The molecule has 86 valence electrons. The van der Waals surface area contributed by atoms with Crippen LogP contribution < -0.4 is 15.4 Å². The van der Waals surface area contributed by atoms with E-state index in [9.17, 15) is 4.79 Å². The molecule has 1 fully saturated rings. The van der Waals surface area contributed by atoms with Gasteiger partial charge in [0, 0.05) is 32.6 Å². The highest BCUT2D eigenvalue weighted by atomic mass is 16.5. The van der Waals surface area contributed by atoms with Crippen LogP contribution >= 0.6 is 0 Å². The highest BCUT2D eigenvalue weighted by molar-refractivity contribution is 5.69. The molecule has 0 bridgehead atoms. The van der Waals surface area contributed by atoms with Crippen LogP contribution in [0.2, 0.25) is 0 Å². The quantitative estimate of drug-likeness (QED) is 0.573. The smallest absolute Gasteiger partial charge is 0.308 e. The maximum absolute atomic E-state index is 10.8. The van der Waals surface area contributed by atoms with Crippen LogP contribution in [0, 0.1) is 0 Å². The standard InChI is InChI=1S/C12H16N2O2/c1-9(15)16-11-4-2-10(3-5-11)12-8-13-6-7-14-12/h2-5,12-14H,6-8H2,1H3/t12-/m1/s1. The summed E-state index contributed by atoms with van der Waals surface area (Å²) in [6, 6.07) is 7.98. The zero-order valence-corrected chi connectivity index (χ0v) is 9.32. The third kappa shape index (κ3) is 2.81. The molecular formula is C12H16N2O2. The molecule has 0 amide bonds. The number of piperazine rings is 1. The third-order valence-electron chi connectivity index (χ3n) is 2.59. The summed E-state index contributed by atoms with van der Waals surface area (Å²) in [5.74, 6) is 0.310. The molecule has 2 N–H and O–H groups in total. The first-order valence-corrected chi connectivity index (χ1v) is 5.48. The summed E-state index contributed by atoms with van der Waals surface area (Å²) in [5, 5.41) is 6.76. The molecule has 1 aliphatic rings. The van der Waals surface area contributed by atoms with Crippen LogP contribution in [0.25, 0.3) is 0 Å². The van der Waals surface area contributed by atoms with Crippen molar-refractivity contribution >= 4 is 5.97 Å². The first-order valence-electron chi connectivity index (χ1n) is 5.48. The second-order valence-electron chi connectivity index (χ2n) is 3.87. The monoisotopic (exact) mass is 220 g/mol. The first kappa shape index (κ1) is 11.1. The minimum Gasteiger partial charge on any atom is -0.427 e. The lowest BCUT2D eigenvalue weighted by Crippen LogP contribution is -2.42. The molecule has 1 aliphatic heterocycles. The summed E-state index contributed by atoms with van der Waals surface area (Å²) < 4.78 is 4.98. The van der Waals surface area contributed by atoms with Gasteiger partial charge in [-0.2, -0.15) is 0 Å². The maximum Gasteiger partial charge on any atom is 0.308 e. The van der Waals surface area contributed by atoms with Gasteiger partial charge in [0.15, 0.2) is 0 Å². The first-order chi connectivity index (χ1) is 7.75. The van der Waals surface area contributed by atoms with Crippen molar-refractivity contribution in [1.82, 2.24) is 10.6 Å². The average molecular weight is 220 g/mol. The van der Waals surface area contributed by atoms with Gasteiger partial charge in [-0.25, -0.2) is 0 Å². The Labute approximate surface area is 95.0 Å². The molecule has 1 saturated heterocycles. The van der Waals surface area contributed by atoms with Gasteiger partial charge in [0.2, 0.25) is 0 Å². The summed E-state index contributed by atoms with van der Waals surface area (Å²) in [6.45, 7) is 4.34. The molecule has 4 heteroatoms. The number of rotatable bonds is 2. The molecule has 1 atom stereocenters. The van der Waals surface area contributed by atoms with E-state index in [1.165, 1.54) is 12.5 Å². The van der Waals surface area contributed by atoms with E-state index >= 15 is 0 Å². The van der Waals surface area contributed by atoms with E-state index in [1.54, 1.807) is 0 Å². The largest absolute Gasteiger partial charge is 0.427 e. The Balaban J connectivity index is 2.03. The van der Waals surface area contributed by atoms with E-state index in [-0.39, 0.29) is 5.97 Å². The van der Waals surface area contributed by atoms with E-state index < -0.39 is 0 Å². The zero-order chi connectivity index (χ0) is 11.4. The van der Waals surface area contributed by atoms with Crippen molar-refractivity contribution in [2.24, 2.45) is 0 Å². The summed E-state index contributed by atoms with van der Waals surface area (Å²) >= 11 is 0. The summed E-state index contributed by atoms with van der Waals surface area (Å²) in [5.41, 5.74) is 1.21. The number of carbonyl (C=O) groups excluding carboxylic acids is 1. The van der Waals surface area contributed by atoms with Gasteiger partial charge in [-0.1, -0.05) is 12.1 Å². The molecule has 1 heterocycles. The van der Waals surface area contributed by atoms with E-state index in [0.717, 1.165) is 19.6 Å². The molecule has 0 aromatic heterocycles. The Morgan fingerprint density at radius 1 is 1.31 bits per heavy atom. The van der Waals surface area contributed by atoms with Crippen molar-refractivity contribution in [2.45, 2.75) is 13.0 Å². The van der Waals surface area contributed by atoms with Gasteiger partial charge in [0.1, 0.15) is 5.75 Å². The van der Waals surface area contributed by atoms with Crippen LogP contribution in [-0.2, 0) is 4.79 Å². The number of carbonyl (C=O) groups is 1. The molecule has 0 radical (unpaired) electrons. The van der Waals surface area contributed by atoms with Gasteiger partial charge in [-0.05, 0) is 17.7 Å². The van der Waals surface area contributed by atoms with E-state index in [0.29, 0.717) is 11.8 Å². The number of hydrogen-bond acceptors (Lipinski definition) is 4. The molecule has 1 aromatic carbocycles. The van der Waals surface area contributed by atoms with E-state index in [1.807, 2.05) is 24.3 Å². The number of ether oxygens (including phenoxy) is 1. The third-order valence-corrected chi connectivity index (χ3v) is 2.59. The van der Waals surface area contributed by atoms with Crippen LogP contribution in [0.3, 0.4) is 0 Å². The molecule has 4 nitrogen and oxygen atoms in total. The number of nitrogens with one attached hydrogen (secondary N) is 2.